The van der Waals surface area contributed by atoms with Gasteiger partial charge < -0.3 is 0 Å². The summed E-state index contributed by atoms with van der Waals surface area (Å²) in [7, 11) is 0. The molecule has 86 valence electrons. The SMILES string of the molecule is CSc1csc(C=C2Sc3ccccc3S2)c1. The van der Waals surface area contributed by atoms with Crippen LogP contribution in [0.5, 0.6) is 0 Å². The lowest BCUT2D eigenvalue weighted by Crippen LogP contribution is -1.65. The maximum Gasteiger partial charge on any atom is 0.0513 e. The Morgan fingerprint density at radius 3 is 2.41 bits per heavy atom. The van der Waals surface area contributed by atoms with Crippen LogP contribution in [0, 0.1) is 0 Å². The summed E-state index contributed by atoms with van der Waals surface area (Å²) in [5.41, 5.74) is 0. The van der Waals surface area contributed by atoms with E-state index in [1.165, 1.54) is 23.8 Å². The largest absolute Gasteiger partial charge is 0.143 e. The second kappa shape index (κ2) is 5.14. The summed E-state index contributed by atoms with van der Waals surface area (Å²) >= 11 is 7.36. The summed E-state index contributed by atoms with van der Waals surface area (Å²) in [5.74, 6) is 0. The van der Waals surface area contributed by atoms with Crippen LogP contribution in [-0.4, -0.2) is 6.26 Å². The van der Waals surface area contributed by atoms with Crippen molar-refractivity contribution in [2.45, 2.75) is 14.7 Å². The van der Waals surface area contributed by atoms with Crippen LogP contribution in [0.4, 0.5) is 0 Å². The minimum atomic E-state index is 1.34. The summed E-state index contributed by atoms with van der Waals surface area (Å²) in [6.45, 7) is 0. The number of thioether (sulfide) groups is 3. The molecule has 1 aliphatic heterocycles. The number of fused-ring (bicyclic) bond motifs is 1. The molecule has 2 heterocycles. The Kier molecular flexibility index (Phi) is 3.56. The number of hydrogen-bond donors (Lipinski definition) is 0. The van der Waals surface area contributed by atoms with Crippen LogP contribution < -0.4 is 0 Å². The number of rotatable bonds is 2. The number of thiophene rings is 1. The van der Waals surface area contributed by atoms with Gasteiger partial charge in [0.1, 0.15) is 0 Å². The lowest BCUT2D eigenvalue weighted by atomic mass is 10.4. The molecule has 4 heteroatoms. The molecule has 1 aromatic heterocycles. The molecule has 0 radical (unpaired) electrons. The molecule has 2 aromatic rings. The molecule has 0 saturated carbocycles. The molecule has 3 rings (SSSR count). The van der Waals surface area contributed by atoms with Crippen molar-refractivity contribution < 1.29 is 0 Å². The third-order valence-corrected chi connectivity index (χ3v) is 6.52. The highest BCUT2D eigenvalue weighted by molar-refractivity contribution is 8.25. The third kappa shape index (κ3) is 2.60. The Morgan fingerprint density at radius 1 is 1.12 bits per heavy atom. The first kappa shape index (κ1) is 11.8. The van der Waals surface area contributed by atoms with Gasteiger partial charge in [0.15, 0.2) is 0 Å². The lowest BCUT2D eigenvalue weighted by Gasteiger charge is -1.91. The monoisotopic (exact) mass is 294 g/mol. The zero-order chi connectivity index (χ0) is 11.7. The summed E-state index contributed by atoms with van der Waals surface area (Å²) in [5, 5.41) is 2.22. The van der Waals surface area contributed by atoms with Crippen LogP contribution in [0.25, 0.3) is 6.08 Å². The van der Waals surface area contributed by atoms with Gasteiger partial charge in [-0.25, -0.2) is 0 Å². The summed E-state index contributed by atoms with van der Waals surface area (Å²) in [6, 6.07) is 10.8. The van der Waals surface area contributed by atoms with Gasteiger partial charge in [0.25, 0.3) is 0 Å². The second-order valence-corrected chi connectivity index (χ2v) is 7.75. The van der Waals surface area contributed by atoms with Crippen LogP contribution in [0.1, 0.15) is 4.88 Å². The van der Waals surface area contributed by atoms with E-state index in [1.54, 1.807) is 11.8 Å². The van der Waals surface area contributed by atoms with E-state index >= 15 is 0 Å². The van der Waals surface area contributed by atoms with Gasteiger partial charge in [-0.05, 0) is 30.5 Å². The third-order valence-electron chi connectivity index (χ3n) is 2.36. The smallest absolute Gasteiger partial charge is 0.0513 e. The van der Waals surface area contributed by atoms with Gasteiger partial charge in [0, 0.05) is 24.9 Å². The van der Waals surface area contributed by atoms with E-state index in [0.29, 0.717) is 0 Å². The first-order valence-corrected chi connectivity index (χ1v) is 8.88. The van der Waals surface area contributed by atoms with E-state index in [2.05, 4.69) is 48.0 Å². The van der Waals surface area contributed by atoms with E-state index in [1.807, 2.05) is 34.9 Å². The van der Waals surface area contributed by atoms with E-state index in [4.69, 9.17) is 0 Å². The maximum atomic E-state index is 2.29. The molecule has 0 saturated heterocycles. The standard InChI is InChI=1S/C13H10S4/c1-14-10-6-9(15-8-10)7-13-16-11-4-2-3-5-12(11)17-13/h2-8H,1H3. The fourth-order valence-corrected chi connectivity index (χ4v) is 5.64. The molecule has 1 aromatic carbocycles. The molecule has 0 atom stereocenters. The predicted molar refractivity (Wildman–Crippen MR) is 82.2 cm³/mol. The first-order chi connectivity index (χ1) is 8.35. The molecule has 0 unspecified atom stereocenters. The van der Waals surface area contributed by atoms with Crippen LogP contribution in [0.3, 0.4) is 0 Å². The van der Waals surface area contributed by atoms with Crippen molar-refractivity contribution in [1.82, 2.24) is 0 Å². The molecule has 0 spiro atoms. The molecule has 0 fully saturated rings. The summed E-state index contributed by atoms with van der Waals surface area (Å²) < 4.78 is 1.38. The Bertz CT molecular complexity index is 541. The fraction of sp³-hybridized carbons (Fsp3) is 0.0769. The molecular weight excluding hydrogens is 284 g/mol. The molecule has 0 amide bonds. The van der Waals surface area contributed by atoms with Crippen LogP contribution in [-0.2, 0) is 0 Å². The molecular formula is C13H10S4. The Morgan fingerprint density at radius 2 is 1.82 bits per heavy atom. The average Bonchev–Trinajstić information content (AvgIpc) is 2.94. The quantitative estimate of drug-likeness (QED) is 0.655. The molecule has 1 aliphatic rings. The van der Waals surface area contributed by atoms with Crippen LogP contribution in [0.15, 0.2) is 54.6 Å². The van der Waals surface area contributed by atoms with Crippen molar-refractivity contribution in [2.75, 3.05) is 6.26 Å². The molecule has 0 aliphatic carbocycles. The van der Waals surface area contributed by atoms with E-state index in [9.17, 15) is 0 Å². The van der Waals surface area contributed by atoms with E-state index in [-0.39, 0.29) is 0 Å². The number of benzene rings is 1. The van der Waals surface area contributed by atoms with Crippen molar-refractivity contribution in [3.05, 3.63) is 44.8 Å². The van der Waals surface area contributed by atoms with Gasteiger partial charge in [-0.2, -0.15) is 0 Å². The van der Waals surface area contributed by atoms with E-state index < -0.39 is 0 Å². The Balaban J connectivity index is 1.84. The van der Waals surface area contributed by atoms with Crippen LogP contribution in [0.2, 0.25) is 0 Å². The van der Waals surface area contributed by atoms with Gasteiger partial charge in [0.05, 0.1) is 4.24 Å². The van der Waals surface area contributed by atoms with Crippen molar-refractivity contribution in [3.8, 4) is 0 Å². The van der Waals surface area contributed by atoms with Crippen molar-refractivity contribution in [3.63, 3.8) is 0 Å². The van der Waals surface area contributed by atoms with Crippen molar-refractivity contribution in [2.24, 2.45) is 0 Å². The topological polar surface area (TPSA) is 0 Å². The number of hydrogen-bond acceptors (Lipinski definition) is 4. The minimum absolute atomic E-state index is 1.34. The van der Waals surface area contributed by atoms with Gasteiger partial charge >= 0.3 is 0 Å². The summed E-state index contributed by atoms with van der Waals surface area (Å²) in [4.78, 5) is 5.46. The lowest BCUT2D eigenvalue weighted by molar-refractivity contribution is 1.27. The predicted octanol–water partition coefficient (Wildman–Crippen LogP) is 5.67. The fourth-order valence-electron chi connectivity index (χ4n) is 1.55. The molecule has 0 nitrogen and oxygen atoms in total. The van der Waals surface area contributed by atoms with E-state index in [0.717, 1.165) is 0 Å². The van der Waals surface area contributed by atoms with Crippen molar-refractivity contribution in [1.29, 1.82) is 0 Å². The van der Waals surface area contributed by atoms with Gasteiger partial charge in [-0.3, -0.25) is 0 Å². The first-order valence-electron chi connectivity index (χ1n) is 5.14. The normalized spacial score (nSPS) is 13.8. The molecule has 0 bridgehead atoms. The van der Waals surface area contributed by atoms with Crippen LogP contribution >= 0.6 is 46.6 Å². The summed E-state index contributed by atoms with van der Waals surface area (Å²) in [6.07, 6.45) is 4.41. The van der Waals surface area contributed by atoms with Gasteiger partial charge in [0.2, 0.25) is 0 Å². The molecule has 17 heavy (non-hydrogen) atoms. The average molecular weight is 294 g/mol. The maximum absolute atomic E-state index is 2.29. The minimum Gasteiger partial charge on any atom is -0.143 e. The zero-order valence-corrected chi connectivity index (χ0v) is 12.4. The highest BCUT2D eigenvalue weighted by atomic mass is 32.2. The molecule has 0 N–H and O–H groups in total. The highest BCUT2D eigenvalue weighted by Crippen LogP contribution is 2.51. The van der Waals surface area contributed by atoms with Crippen molar-refractivity contribution >= 4 is 52.7 Å². The Labute approximate surface area is 118 Å². The second-order valence-electron chi connectivity index (χ2n) is 3.50. The zero-order valence-electron chi connectivity index (χ0n) is 9.17. The Hall–Kier alpha value is -0.290. The highest BCUT2D eigenvalue weighted by Gasteiger charge is 2.16. The van der Waals surface area contributed by atoms with Gasteiger partial charge in [-0.1, -0.05) is 35.7 Å². The van der Waals surface area contributed by atoms with Gasteiger partial charge in [-0.15, -0.1) is 23.1 Å².